The highest BCUT2D eigenvalue weighted by atomic mass is 32.1. The van der Waals surface area contributed by atoms with E-state index in [1.54, 1.807) is 0 Å². The Morgan fingerprint density at radius 2 is 1.77 bits per heavy atom. The minimum Gasteiger partial charge on any atom is -0.370 e. The molecular weight excluding hydrogens is 204 g/mol. The molecule has 0 aliphatic carbocycles. The van der Waals surface area contributed by atoms with Crippen LogP contribution in [-0.2, 0) is 0 Å². The van der Waals surface area contributed by atoms with E-state index in [2.05, 4.69) is 22.8 Å². The van der Waals surface area contributed by atoms with Crippen molar-refractivity contribution in [2.75, 3.05) is 39.3 Å². The minimum atomic E-state index is 0.528. The van der Waals surface area contributed by atoms with Crippen LogP contribution in [0.1, 0.15) is 0 Å². The van der Waals surface area contributed by atoms with Gasteiger partial charge in [-0.3, -0.25) is 4.90 Å². The molecule has 0 unspecified atom stereocenters. The zero-order chi connectivity index (χ0) is 10.1. The molecule has 0 atom stereocenters. The van der Waals surface area contributed by atoms with Gasteiger partial charge in [0.1, 0.15) is 4.32 Å². The summed E-state index contributed by atoms with van der Waals surface area (Å²) in [5, 5.41) is 2.97. The molecule has 0 saturated heterocycles. The highest BCUT2D eigenvalue weighted by Crippen LogP contribution is 1.85. The maximum atomic E-state index is 5.45. The van der Waals surface area contributed by atoms with Crippen molar-refractivity contribution in [3.63, 3.8) is 0 Å². The molecule has 0 aromatic carbocycles. The highest BCUT2D eigenvalue weighted by Gasteiger charge is 2.01. The average Bonchev–Trinajstić information content (AvgIpc) is 2.04. The number of thiol groups is 1. The van der Waals surface area contributed by atoms with E-state index >= 15 is 0 Å². The van der Waals surface area contributed by atoms with E-state index in [0.29, 0.717) is 17.4 Å². The van der Waals surface area contributed by atoms with Crippen molar-refractivity contribution >= 4 is 29.2 Å². The molecule has 0 aliphatic heterocycles. The lowest BCUT2D eigenvalue weighted by atomic mass is 10.4. The third kappa shape index (κ3) is 8.45. The second-order valence-electron chi connectivity index (χ2n) is 2.65. The molecular formula is C7H18N4S2. The fraction of sp³-hybridized carbons (Fsp3) is 0.857. The van der Waals surface area contributed by atoms with Crippen molar-refractivity contribution < 1.29 is 0 Å². The standard InChI is InChI=1S/C7H18N4S2/c8-1-4-11(5-2-9)6-3-10-7(12)13/h1-6,8-9H2,(H2,10,12,13). The number of nitrogens with one attached hydrogen (secondary N) is 1. The number of rotatable bonds is 7. The quantitative estimate of drug-likeness (QED) is 0.329. The molecule has 78 valence electrons. The molecule has 5 N–H and O–H groups in total. The Hall–Kier alpha value is 0.120. The van der Waals surface area contributed by atoms with Gasteiger partial charge in [-0.15, -0.1) is 12.6 Å². The maximum absolute atomic E-state index is 5.45. The summed E-state index contributed by atoms with van der Waals surface area (Å²) in [6.45, 7) is 4.75. The molecule has 0 rings (SSSR count). The number of hydrogen-bond acceptors (Lipinski definition) is 4. The molecule has 6 heteroatoms. The summed E-state index contributed by atoms with van der Waals surface area (Å²) in [6.07, 6.45) is 0. The fourth-order valence-electron chi connectivity index (χ4n) is 1.02. The van der Waals surface area contributed by atoms with Gasteiger partial charge in [-0.2, -0.15) is 0 Å². The maximum Gasteiger partial charge on any atom is 0.130 e. The molecule has 0 aromatic rings. The van der Waals surface area contributed by atoms with Crippen LogP contribution in [0, 0.1) is 0 Å². The van der Waals surface area contributed by atoms with Gasteiger partial charge in [0.25, 0.3) is 0 Å². The molecule has 0 amide bonds. The smallest absolute Gasteiger partial charge is 0.130 e. The predicted octanol–water partition coefficient (Wildman–Crippen LogP) is -0.990. The third-order valence-electron chi connectivity index (χ3n) is 1.59. The van der Waals surface area contributed by atoms with Crippen LogP contribution < -0.4 is 16.8 Å². The van der Waals surface area contributed by atoms with E-state index < -0.39 is 0 Å². The topological polar surface area (TPSA) is 67.3 Å². The Morgan fingerprint density at radius 3 is 2.15 bits per heavy atom. The van der Waals surface area contributed by atoms with Crippen LogP contribution >= 0.6 is 24.8 Å². The van der Waals surface area contributed by atoms with Gasteiger partial charge in [0, 0.05) is 39.3 Å². The van der Waals surface area contributed by atoms with E-state index in [4.69, 9.17) is 23.7 Å². The monoisotopic (exact) mass is 222 g/mol. The zero-order valence-corrected chi connectivity index (χ0v) is 9.41. The van der Waals surface area contributed by atoms with Crippen LogP contribution in [0.5, 0.6) is 0 Å². The largest absolute Gasteiger partial charge is 0.370 e. The second-order valence-corrected chi connectivity index (χ2v) is 3.81. The summed E-state index contributed by atoms with van der Waals surface area (Å²) in [7, 11) is 0. The number of hydrogen-bond donors (Lipinski definition) is 4. The number of nitrogens with zero attached hydrogens (tertiary/aromatic N) is 1. The first-order valence-corrected chi connectivity index (χ1v) is 5.15. The van der Waals surface area contributed by atoms with E-state index in [1.807, 2.05) is 0 Å². The molecule has 4 nitrogen and oxygen atoms in total. The van der Waals surface area contributed by atoms with Crippen molar-refractivity contribution in [3.05, 3.63) is 0 Å². The summed E-state index contributed by atoms with van der Waals surface area (Å²) >= 11 is 8.72. The average molecular weight is 222 g/mol. The van der Waals surface area contributed by atoms with E-state index in [-0.39, 0.29) is 0 Å². The van der Waals surface area contributed by atoms with Crippen molar-refractivity contribution in [2.24, 2.45) is 11.5 Å². The molecule has 13 heavy (non-hydrogen) atoms. The van der Waals surface area contributed by atoms with Gasteiger partial charge >= 0.3 is 0 Å². The summed E-state index contributed by atoms with van der Waals surface area (Å²) in [6, 6.07) is 0. The molecule has 0 fully saturated rings. The lowest BCUT2D eigenvalue weighted by molar-refractivity contribution is 0.293. The number of nitrogens with two attached hydrogens (primary N) is 2. The van der Waals surface area contributed by atoms with Gasteiger partial charge in [-0.1, -0.05) is 12.2 Å². The van der Waals surface area contributed by atoms with Gasteiger partial charge < -0.3 is 16.8 Å². The van der Waals surface area contributed by atoms with E-state index in [0.717, 1.165) is 26.2 Å². The number of thiocarbonyl (C=S) groups is 1. The van der Waals surface area contributed by atoms with Crippen molar-refractivity contribution in [2.45, 2.75) is 0 Å². The SMILES string of the molecule is NCCN(CCN)CCNC(=S)S. The molecule has 0 heterocycles. The fourth-order valence-corrected chi connectivity index (χ4v) is 1.24. The van der Waals surface area contributed by atoms with Gasteiger partial charge in [0.2, 0.25) is 0 Å². The Kier molecular flexibility index (Phi) is 8.79. The van der Waals surface area contributed by atoms with Crippen molar-refractivity contribution in [1.29, 1.82) is 0 Å². The molecule has 0 spiro atoms. The van der Waals surface area contributed by atoms with Crippen LogP contribution in [0.25, 0.3) is 0 Å². The Balaban J connectivity index is 3.49. The van der Waals surface area contributed by atoms with Crippen LogP contribution in [0.2, 0.25) is 0 Å². The summed E-state index contributed by atoms with van der Waals surface area (Å²) in [5.41, 5.74) is 10.9. The lowest BCUT2D eigenvalue weighted by Gasteiger charge is -2.20. The lowest BCUT2D eigenvalue weighted by Crippen LogP contribution is -2.38. The highest BCUT2D eigenvalue weighted by molar-refractivity contribution is 8.11. The first-order valence-electron chi connectivity index (χ1n) is 4.30. The normalized spacial score (nSPS) is 10.5. The van der Waals surface area contributed by atoms with Crippen LogP contribution in [-0.4, -0.2) is 48.5 Å². The molecule has 0 bridgehead atoms. The second kappa shape index (κ2) is 8.71. The van der Waals surface area contributed by atoms with Gasteiger partial charge in [-0.25, -0.2) is 0 Å². The zero-order valence-electron chi connectivity index (χ0n) is 7.70. The van der Waals surface area contributed by atoms with Gasteiger partial charge in [-0.05, 0) is 0 Å². The van der Waals surface area contributed by atoms with Gasteiger partial charge in [0.05, 0.1) is 0 Å². The minimum absolute atomic E-state index is 0.528. The summed E-state index contributed by atoms with van der Waals surface area (Å²) in [4.78, 5) is 2.19. The summed E-state index contributed by atoms with van der Waals surface area (Å²) < 4.78 is 0.528. The Morgan fingerprint density at radius 1 is 1.23 bits per heavy atom. The van der Waals surface area contributed by atoms with Crippen LogP contribution in [0.15, 0.2) is 0 Å². The summed E-state index contributed by atoms with van der Waals surface area (Å²) in [5.74, 6) is 0. The third-order valence-corrected chi connectivity index (χ3v) is 1.90. The Bertz CT molecular complexity index is 136. The first kappa shape index (κ1) is 13.1. The van der Waals surface area contributed by atoms with Crippen LogP contribution in [0.4, 0.5) is 0 Å². The predicted molar refractivity (Wildman–Crippen MR) is 64.1 cm³/mol. The van der Waals surface area contributed by atoms with E-state index in [9.17, 15) is 0 Å². The van der Waals surface area contributed by atoms with E-state index in [1.165, 1.54) is 0 Å². The van der Waals surface area contributed by atoms with Gasteiger partial charge in [0.15, 0.2) is 0 Å². The van der Waals surface area contributed by atoms with Crippen molar-refractivity contribution in [3.8, 4) is 0 Å². The Labute approximate surface area is 90.4 Å². The molecule has 0 saturated carbocycles. The molecule has 0 radical (unpaired) electrons. The molecule has 0 aliphatic rings. The van der Waals surface area contributed by atoms with Crippen LogP contribution in [0.3, 0.4) is 0 Å². The molecule has 0 aromatic heterocycles. The van der Waals surface area contributed by atoms with Crippen molar-refractivity contribution in [1.82, 2.24) is 10.2 Å². The first-order chi connectivity index (χ1) is 6.20.